The van der Waals surface area contributed by atoms with Crippen LogP contribution in [0.15, 0.2) is 65.8 Å². The van der Waals surface area contributed by atoms with E-state index in [1.165, 1.54) is 11.3 Å². The highest BCUT2D eigenvalue weighted by Crippen LogP contribution is 2.27. The van der Waals surface area contributed by atoms with Crippen molar-refractivity contribution in [1.29, 1.82) is 0 Å². The smallest absolute Gasteiger partial charge is 0.248 e. The van der Waals surface area contributed by atoms with Gasteiger partial charge in [0.1, 0.15) is 0 Å². The van der Waals surface area contributed by atoms with Gasteiger partial charge in [-0.25, -0.2) is 4.98 Å². The van der Waals surface area contributed by atoms with Crippen molar-refractivity contribution in [2.24, 2.45) is 0 Å². The second-order valence-electron chi connectivity index (χ2n) is 5.69. The molecular weight excluding hydrogens is 332 g/mol. The Kier molecular flexibility index (Phi) is 5.20. The highest BCUT2D eigenvalue weighted by Gasteiger charge is 2.06. The molecule has 0 aliphatic heterocycles. The van der Waals surface area contributed by atoms with Crippen molar-refractivity contribution in [2.45, 2.75) is 13.8 Å². The zero-order valence-electron chi connectivity index (χ0n) is 14.0. The SMILES string of the molecule is CC(C)=CC(=O)Nc1cccc(Nc2nc(-c3ccncc3)cs2)c1. The van der Waals surface area contributed by atoms with Crippen LogP contribution in [0.3, 0.4) is 0 Å². The molecule has 3 aromatic rings. The standard InChI is InChI=1S/C19H18N4OS/c1-13(2)10-18(24)21-15-4-3-5-16(11-15)22-19-23-17(12-25-19)14-6-8-20-9-7-14/h3-12H,1-2H3,(H,21,24)(H,22,23). The third-order valence-electron chi connectivity index (χ3n) is 3.28. The predicted octanol–water partition coefficient (Wildman–Crippen LogP) is 4.85. The number of hydrogen-bond acceptors (Lipinski definition) is 5. The summed E-state index contributed by atoms with van der Waals surface area (Å²) in [5, 5.41) is 8.91. The molecular formula is C19H18N4OS. The third kappa shape index (κ3) is 4.74. The van der Waals surface area contributed by atoms with E-state index < -0.39 is 0 Å². The number of carbonyl (C=O) groups excluding carboxylic acids is 1. The lowest BCUT2D eigenvalue weighted by molar-refractivity contribution is -0.111. The van der Waals surface area contributed by atoms with E-state index in [4.69, 9.17) is 0 Å². The molecule has 0 radical (unpaired) electrons. The number of anilines is 3. The maximum atomic E-state index is 11.8. The van der Waals surface area contributed by atoms with Crippen molar-refractivity contribution in [3.05, 3.63) is 65.8 Å². The van der Waals surface area contributed by atoms with Crippen molar-refractivity contribution >= 4 is 33.8 Å². The summed E-state index contributed by atoms with van der Waals surface area (Å²) < 4.78 is 0. The molecule has 0 spiro atoms. The highest BCUT2D eigenvalue weighted by molar-refractivity contribution is 7.14. The van der Waals surface area contributed by atoms with Crippen LogP contribution >= 0.6 is 11.3 Å². The molecule has 0 bridgehead atoms. The lowest BCUT2D eigenvalue weighted by Gasteiger charge is -2.07. The van der Waals surface area contributed by atoms with E-state index in [-0.39, 0.29) is 5.91 Å². The Hall–Kier alpha value is -2.99. The van der Waals surface area contributed by atoms with Crippen LogP contribution in [0.5, 0.6) is 0 Å². The fraction of sp³-hybridized carbons (Fsp3) is 0.105. The second-order valence-corrected chi connectivity index (χ2v) is 6.55. The number of rotatable bonds is 5. The van der Waals surface area contributed by atoms with E-state index in [0.29, 0.717) is 0 Å². The third-order valence-corrected chi connectivity index (χ3v) is 4.04. The normalized spacial score (nSPS) is 10.2. The van der Waals surface area contributed by atoms with Crippen molar-refractivity contribution < 1.29 is 4.79 Å². The van der Waals surface area contributed by atoms with Gasteiger partial charge in [-0.2, -0.15) is 0 Å². The van der Waals surface area contributed by atoms with Crippen molar-refractivity contribution in [1.82, 2.24) is 9.97 Å². The summed E-state index contributed by atoms with van der Waals surface area (Å²) in [6.07, 6.45) is 5.07. The lowest BCUT2D eigenvalue weighted by atomic mass is 10.2. The minimum atomic E-state index is -0.133. The number of amides is 1. The first-order valence-electron chi connectivity index (χ1n) is 7.79. The van der Waals surface area contributed by atoms with Gasteiger partial charge in [-0.1, -0.05) is 11.6 Å². The van der Waals surface area contributed by atoms with Gasteiger partial charge in [0.25, 0.3) is 0 Å². The Bertz CT molecular complexity index is 899. The molecule has 25 heavy (non-hydrogen) atoms. The number of hydrogen-bond donors (Lipinski definition) is 2. The minimum absolute atomic E-state index is 0.133. The van der Waals surface area contributed by atoms with Crippen LogP contribution < -0.4 is 10.6 Å². The summed E-state index contributed by atoms with van der Waals surface area (Å²) in [7, 11) is 0. The molecule has 6 heteroatoms. The molecule has 126 valence electrons. The topological polar surface area (TPSA) is 66.9 Å². The van der Waals surface area contributed by atoms with Crippen molar-refractivity contribution in [3.8, 4) is 11.3 Å². The second kappa shape index (κ2) is 7.72. The largest absolute Gasteiger partial charge is 0.331 e. The minimum Gasteiger partial charge on any atom is -0.331 e. The monoisotopic (exact) mass is 350 g/mol. The fourth-order valence-corrected chi connectivity index (χ4v) is 2.97. The molecule has 0 aliphatic rings. The number of nitrogens with zero attached hydrogens (tertiary/aromatic N) is 2. The van der Waals surface area contributed by atoms with Gasteiger partial charge in [0.2, 0.25) is 5.91 Å². The van der Waals surface area contributed by atoms with Gasteiger partial charge in [0.05, 0.1) is 5.69 Å². The van der Waals surface area contributed by atoms with E-state index in [2.05, 4.69) is 20.6 Å². The predicted molar refractivity (Wildman–Crippen MR) is 103 cm³/mol. The molecule has 0 unspecified atom stereocenters. The molecule has 0 saturated carbocycles. The molecule has 3 rings (SSSR count). The summed E-state index contributed by atoms with van der Waals surface area (Å²) in [6.45, 7) is 3.78. The van der Waals surface area contributed by atoms with Crippen LogP contribution in [0.1, 0.15) is 13.8 Å². The number of aromatic nitrogens is 2. The first-order valence-corrected chi connectivity index (χ1v) is 8.67. The molecule has 2 N–H and O–H groups in total. The van der Waals surface area contributed by atoms with Gasteiger partial charge in [-0.3, -0.25) is 9.78 Å². The van der Waals surface area contributed by atoms with Crippen molar-refractivity contribution in [2.75, 3.05) is 10.6 Å². The zero-order valence-corrected chi connectivity index (χ0v) is 14.8. The number of pyridine rings is 1. The Morgan fingerprint density at radius 1 is 1.12 bits per heavy atom. The van der Waals surface area contributed by atoms with Crippen LogP contribution in [-0.4, -0.2) is 15.9 Å². The van der Waals surface area contributed by atoms with Crippen LogP contribution in [0, 0.1) is 0 Å². The van der Waals surface area contributed by atoms with Crippen LogP contribution in [0.4, 0.5) is 16.5 Å². The molecule has 0 saturated heterocycles. The summed E-state index contributed by atoms with van der Waals surface area (Å²) >= 11 is 1.53. The van der Waals surface area contributed by atoms with E-state index in [1.807, 2.05) is 55.6 Å². The molecule has 1 aromatic carbocycles. The average molecular weight is 350 g/mol. The lowest BCUT2D eigenvalue weighted by Crippen LogP contribution is -2.08. The molecule has 5 nitrogen and oxygen atoms in total. The van der Waals surface area contributed by atoms with E-state index >= 15 is 0 Å². The number of carbonyl (C=O) groups is 1. The van der Waals surface area contributed by atoms with Gasteiger partial charge in [0.15, 0.2) is 5.13 Å². The van der Waals surface area contributed by atoms with Gasteiger partial charge < -0.3 is 10.6 Å². The first-order chi connectivity index (χ1) is 12.1. The number of benzene rings is 1. The van der Waals surface area contributed by atoms with Crippen LogP contribution in [0.2, 0.25) is 0 Å². The molecule has 0 atom stereocenters. The van der Waals surface area contributed by atoms with E-state index in [1.54, 1.807) is 18.5 Å². The maximum Gasteiger partial charge on any atom is 0.248 e. The molecule has 0 fully saturated rings. The summed E-state index contributed by atoms with van der Waals surface area (Å²) in [5.74, 6) is -0.133. The van der Waals surface area contributed by atoms with Gasteiger partial charge in [-0.05, 0) is 44.2 Å². The quantitative estimate of drug-likeness (QED) is 0.645. The summed E-state index contributed by atoms with van der Waals surface area (Å²) in [6, 6.07) is 11.4. The zero-order chi connectivity index (χ0) is 17.6. The van der Waals surface area contributed by atoms with Gasteiger partial charge >= 0.3 is 0 Å². The van der Waals surface area contributed by atoms with Gasteiger partial charge in [0, 0.05) is 40.8 Å². The number of thiazole rings is 1. The van der Waals surface area contributed by atoms with E-state index in [0.717, 1.165) is 33.3 Å². The maximum absolute atomic E-state index is 11.8. The molecule has 2 heterocycles. The Morgan fingerprint density at radius 3 is 2.64 bits per heavy atom. The van der Waals surface area contributed by atoms with Crippen LogP contribution in [-0.2, 0) is 4.79 Å². The summed E-state index contributed by atoms with van der Waals surface area (Å²) in [5.41, 5.74) is 4.49. The van der Waals surface area contributed by atoms with Gasteiger partial charge in [-0.15, -0.1) is 11.3 Å². The van der Waals surface area contributed by atoms with Crippen LogP contribution in [0.25, 0.3) is 11.3 Å². The molecule has 1 amide bonds. The molecule has 0 aliphatic carbocycles. The van der Waals surface area contributed by atoms with E-state index in [9.17, 15) is 4.79 Å². The first kappa shape index (κ1) is 16.9. The fourth-order valence-electron chi connectivity index (χ4n) is 2.23. The Balaban J connectivity index is 1.71. The number of allylic oxidation sites excluding steroid dienone is 1. The molecule has 2 aromatic heterocycles. The highest BCUT2D eigenvalue weighted by atomic mass is 32.1. The average Bonchev–Trinajstić information content (AvgIpc) is 3.03. The number of nitrogens with one attached hydrogen (secondary N) is 2. The summed E-state index contributed by atoms with van der Waals surface area (Å²) in [4.78, 5) is 20.4. The Morgan fingerprint density at radius 2 is 1.88 bits per heavy atom. The Labute approximate surface area is 150 Å². The van der Waals surface area contributed by atoms with Crippen molar-refractivity contribution in [3.63, 3.8) is 0 Å².